The summed E-state index contributed by atoms with van der Waals surface area (Å²) < 4.78 is 0.795. The van der Waals surface area contributed by atoms with E-state index in [9.17, 15) is 9.90 Å². The minimum Gasteiger partial charge on any atom is -0.390 e. The molecule has 3 nitrogen and oxygen atoms in total. The van der Waals surface area contributed by atoms with Gasteiger partial charge in [-0.15, -0.1) is 0 Å². The topological polar surface area (TPSA) is 49.3 Å². The minimum absolute atomic E-state index is 0.175. The lowest BCUT2D eigenvalue weighted by molar-refractivity contribution is 0.0857. The van der Waals surface area contributed by atoms with Crippen molar-refractivity contribution in [1.82, 2.24) is 5.32 Å². The molecule has 4 heteroatoms. The van der Waals surface area contributed by atoms with Crippen LogP contribution in [-0.4, -0.2) is 17.1 Å². The van der Waals surface area contributed by atoms with Crippen molar-refractivity contribution in [2.45, 2.75) is 25.5 Å². The number of amides is 1. The van der Waals surface area contributed by atoms with Crippen LogP contribution in [0.5, 0.6) is 0 Å². The van der Waals surface area contributed by atoms with Gasteiger partial charge >= 0.3 is 0 Å². The van der Waals surface area contributed by atoms with Gasteiger partial charge in [-0.05, 0) is 45.6 Å². The average Bonchev–Trinajstić information content (AvgIpc) is 2.78. The zero-order valence-corrected chi connectivity index (χ0v) is 13.2. The van der Waals surface area contributed by atoms with Crippen molar-refractivity contribution in [2.24, 2.45) is 0 Å². The summed E-state index contributed by atoms with van der Waals surface area (Å²) in [4.78, 5) is 12.5. The molecule has 0 radical (unpaired) electrons. The third kappa shape index (κ3) is 2.61. The van der Waals surface area contributed by atoms with E-state index in [4.69, 9.17) is 0 Å². The Balaban J connectivity index is 1.87. The molecule has 2 atom stereocenters. The number of benzene rings is 2. The fourth-order valence-corrected chi connectivity index (χ4v) is 3.23. The first-order valence-corrected chi connectivity index (χ1v) is 7.69. The highest BCUT2D eigenvalue weighted by atomic mass is 79.9. The molecule has 108 valence electrons. The van der Waals surface area contributed by atoms with E-state index in [1.165, 1.54) is 0 Å². The SMILES string of the molecule is Cc1cccc(C(=O)N[C@@H]2c3ccccc3C[C@@H]2O)c1Br. The summed E-state index contributed by atoms with van der Waals surface area (Å²) in [5.41, 5.74) is 3.70. The van der Waals surface area contributed by atoms with Crippen LogP contribution in [0.4, 0.5) is 0 Å². The number of aryl methyl sites for hydroxylation is 1. The Morgan fingerprint density at radius 3 is 2.81 bits per heavy atom. The molecule has 0 unspecified atom stereocenters. The van der Waals surface area contributed by atoms with Crippen molar-refractivity contribution in [3.05, 3.63) is 69.2 Å². The molecule has 3 rings (SSSR count). The second-order valence-electron chi connectivity index (χ2n) is 5.36. The van der Waals surface area contributed by atoms with Crippen LogP contribution in [0, 0.1) is 6.92 Å². The summed E-state index contributed by atoms with van der Waals surface area (Å²) in [6, 6.07) is 13.1. The number of aliphatic hydroxyl groups is 1. The predicted octanol–water partition coefficient (Wildman–Crippen LogP) is 3.15. The molecule has 0 saturated carbocycles. The third-order valence-corrected chi connectivity index (χ3v) is 4.98. The van der Waals surface area contributed by atoms with Gasteiger partial charge in [0.05, 0.1) is 17.7 Å². The first-order chi connectivity index (χ1) is 10.1. The summed E-state index contributed by atoms with van der Waals surface area (Å²) in [5, 5.41) is 13.2. The predicted molar refractivity (Wildman–Crippen MR) is 85.2 cm³/mol. The van der Waals surface area contributed by atoms with E-state index >= 15 is 0 Å². The summed E-state index contributed by atoms with van der Waals surface area (Å²) >= 11 is 3.45. The standard InChI is InChI=1S/C17H16BrNO2/c1-10-5-4-8-13(15(10)18)17(21)19-16-12-7-3-2-6-11(12)9-14(16)20/h2-8,14,16,20H,9H2,1H3,(H,19,21)/t14-,16+/m0/s1. The van der Waals surface area contributed by atoms with Crippen LogP contribution in [-0.2, 0) is 6.42 Å². The first kappa shape index (κ1) is 14.3. The van der Waals surface area contributed by atoms with Gasteiger partial charge in [-0.1, -0.05) is 36.4 Å². The van der Waals surface area contributed by atoms with E-state index in [0.29, 0.717) is 12.0 Å². The molecule has 1 amide bonds. The van der Waals surface area contributed by atoms with Gasteiger partial charge in [0, 0.05) is 10.9 Å². The van der Waals surface area contributed by atoms with E-state index in [-0.39, 0.29) is 11.9 Å². The molecule has 2 aromatic carbocycles. The van der Waals surface area contributed by atoms with Gasteiger partial charge in [0.25, 0.3) is 5.91 Å². The van der Waals surface area contributed by atoms with Crippen molar-refractivity contribution < 1.29 is 9.90 Å². The van der Waals surface area contributed by atoms with Crippen LogP contribution in [0.3, 0.4) is 0 Å². The largest absolute Gasteiger partial charge is 0.390 e. The molecule has 1 aliphatic rings. The summed E-state index contributed by atoms with van der Waals surface area (Å²) in [5.74, 6) is -0.175. The number of fused-ring (bicyclic) bond motifs is 1. The molecule has 0 fully saturated rings. The van der Waals surface area contributed by atoms with Crippen LogP contribution in [0.15, 0.2) is 46.9 Å². The number of aliphatic hydroxyl groups excluding tert-OH is 1. The van der Waals surface area contributed by atoms with Crippen LogP contribution in [0.1, 0.15) is 33.1 Å². The number of halogens is 1. The Labute approximate surface area is 132 Å². The van der Waals surface area contributed by atoms with Gasteiger partial charge in [-0.2, -0.15) is 0 Å². The molecule has 1 aliphatic carbocycles. The fraction of sp³-hybridized carbons (Fsp3) is 0.235. The van der Waals surface area contributed by atoms with E-state index in [2.05, 4.69) is 21.2 Å². The highest BCUT2D eigenvalue weighted by molar-refractivity contribution is 9.10. The smallest absolute Gasteiger partial charge is 0.253 e. The number of rotatable bonds is 2. The summed E-state index contributed by atoms with van der Waals surface area (Å²) in [6.07, 6.45) is 0.00534. The molecule has 0 aromatic heterocycles. The van der Waals surface area contributed by atoms with Crippen molar-refractivity contribution in [3.63, 3.8) is 0 Å². The van der Waals surface area contributed by atoms with Crippen LogP contribution in [0.25, 0.3) is 0 Å². The van der Waals surface area contributed by atoms with E-state index in [1.807, 2.05) is 43.3 Å². The number of hydrogen-bond donors (Lipinski definition) is 2. The second-order valence-corrected chi connectivity index (χ2v) is 6.15. The zero-order valence-electron chi connectivity index (χ0n) is 11.6. The van der Waals surface area contributed by atoms with Crippen LogP contribution < -0.4 is 5.32 Å². The number of carbonyl (C=O) groups excluding carboxylic acids is 1. The van der Waals surface area contributed by atoms with E-state index in [0.717, 1.165) is 21.2 Å². The van der Waals surface area contributed by atoms with Crippen molar-refractivity contribution in [2.75, 3.05) is 0 Å². The monoisotopic (exact) mass is 345 g/mol. The molecule has 2 aromatic rings. The van der Waals surface area contributed by atoms with Crippen molar-refractivity contribution >= 4 is 21.8 Å². The maximum atomic E-state index is 12.5. The molecular formula is C17H16BrNO2. The van der Waals surface area contributed by atoms with Crippen LogP contribution in [0.2, 0.25) is 0 Å². The maximum absolute atomic E-state index is 12.5. The lowest BCUT2D eigenvalue weighted by Gasteiger charge is -2.18. The molecule has 0 bridgehead atoms. The maximum Gasteiger partial charge on any atom is 0.253 e. The molecule has 0 heterocycles. The second kappa shape index (κ2) is 5.62. The lowest BCUT2D eigenvalue weighted by Crippen LogP contribution is -2.34. The zero-order chi connectivity index (χ0) is 15.0. The Morgan fingerprint density at radius 2 is 2.00 bits per heavy atom. The van der Waals surface area contributed by atoms with Gasteiger partial charge in [-0.25, -0.2) is 0 Å². The van der Waals surface area contributed by atoms with Crippen LogP contribution >= 0.6 is 15.9 Å². The molecular weight excluding hydrogens is 330 g/mol. The first-order valence-electron chi connectivity index (χ1n) is 6.90. The normalized spacial score (nSPS) is 20.1. The Kier molecular flexibility index (Phi) is 3.83. The fourth-order valence-electron chi connectivity index (χ4n) is 2.79. The van der Waals surface area contributed by atoms with Gasteiger partial charge in [0.15, 0.2) is 0 Å². The van der Waals surface area contributed by atoms with E-state index < -0.39 is 6.10 Å². The Bertz CT molecular complexity index is 699. The van der Waals surface area contributed by atoms with Gasteiger partial charge in [-0.3, -0.25) is 4.79 Å². The highest BCUT2D eigenvalue weighted by Crippen LogP contribution is 2.32. The number of hydrogen-bond acceptors (Lipinski definition) is 2. The highest BCUT2D eigenvalue weighted by Gasteiger charge is 2.32. The minimum atomic E-state index is -0.574. The quantitative estimate of drug-likeness (QED) is 0.878. The van der Waals surface area contributed by atoms with Gasteiger partial charge in [0.1, 0.15) is 0 Å². The van der Waals surface area contributed by atoms with E-state index in [1.54, 1.807) is 6.07 Å². The number of nitrogens with one attached hydrogen (secondary N) is 1. The number of carbonyl (C=O) groups is 1. The Hall–Kier alpha value is -1.65. The van der Waals surface area contributed by atoms with Crippen molar-refractivity contribution in [3.8, 4) is 0 Å². The van der Waals surface area contributed by atoms with Gasteiger partial charge < -0.3 is 10.4 Å². The van der Waals surface area contributed by atoms with Gasteiger partial charge in [0.2, 0.25) is 0 Å². The molecule has 2 N–H and O–H groups in total. The average molecular weight is 346 g/mol. The lowest BCUT2D eigenvalue weighted by atomic mass is 10.1. The Morgan fingerprint density at radius 1 is 1.24 bits per heavy atom. The molecule has 21 heavy (non-hydrogen) atoms. The molecule has 0 aliphatic heterocycles. The third-order valence-electron chi connectivity index (χ3n) is 3.93. The van der Waals surface area contributed by atoms with Crippen molar-refractivity contribution in [1.29, 1.82) is 0 Å². The summed E-state index contributed by atoms with van der Waals surface area (Å²) in [6.45, 7) is 1.95. The molecule has 0 spiro atoms. The summed E-state index contributed by atoms with van der Waals surface area (Å²) in [7, 11) is 0. The molecule has 0 saturated heterocycles.